The van der Waals surface area contributed by atoms with Crippen LogP contribution in [0.15, 0.2) is 18.2 Å². The van der Waals surface area contributed by atoms with E-state index in [9.17, 15) is 0 Å². The van der Waals surface area contributed by atoms with Crippen molar-refractivity contribution in [3.8, 4) is 5.75 Å². The maximum atomic E-state index is 5.90. The van der Waals surface area contributed by atoms with Crippen LogP contribution in [-0.2, 0) is 0 Å². The summed E-state index contributed by atoms with van der Waals surface area (Å²) in [4.78, 5) is 2.16. The molecule has 0 heterocycles. The Balaban J connectivity index is 2.61. The summed E-state index contributed by atoms with van der Waals surface area (Å²) in [6.45, 7) is 3.02. The van der Waals surface area contributed by atoms with Crippen molar-refractivity contribution in [1.29, 1.82) is 0 Å². The highest BCUT2D eigenvalue weighted by atomic mass is 16.5. The second-order valence-electron chi connectivity index (χ2n) is 4.15. The maximum absolute atomic E-state index is 5.90. The number of likely N-dealkylation sites (N-methyl/N-ethyl adjacent to an activating group) is 1. The van der Waals surface area contributed by atoms with E-state index in [1.54, 1.807) is 7.11 Å². The van der Waals surface area contributed by atoms with Crippen molar-refractivity contribution in [2.75, 3.05) is 38.8 Å². The summed E-state index contributed by atoms with van der Waals surface area (Å²) in [5.74, 6) is 0.781. The number of ether oxygens (including phenoxy) is 1. The zero-order chi connectivity index (χ0) is 12.1. The summed E-state index contributed by atoms with van der Waals surface area (Å²) in [7, 11) is 5.75. The number of benzene rings is 1. The summed E-state index contributed by atoms with van der Waals surface area (Å²) < 4.78 is 5.10. The highest BCUT2D eigenvalue weighted by Gasteiger charge is 2.05. The molecule has 90 valence electrons. The molecule has 16 heavy (non-hydrogen) atoms. The van der Waals surface area contributed by atoms with Crippen molar-refractivity contribution in [1.82, 2.24) is 4.90 Å². The van der Waals surface area contributed by atoms with Crippen LogP contribution < -0.4 is 15.8 Å². The second kappa shape index (κ2) is 5.61. The Kier molecular flexibility index (Phi) is 4.43. The van der Waals surface area contributed by atoms with Crippen LogP contribution in [0, 0.1) is 0 Å². The summed E-state index contributed by atoms with van der Waals surface area (Å²) in [5.41, 5.74) is 7.57. The number of methoxy groups -OCH3 is 1. The Morgan fingerprint density at radius 2 is 2.12 bits per heavy atom. The number of nitrogens with two attached hydrogens (primary N) is 1. The third-order valence-corrected chi connectivity index (χ3v) is 2.73. The minimum absolute atomic E-state index is 0.460. The van der Waals surface area contributed by atoms with Crippen LogP contribution in [0.4, 0.5) is 11.4 Å². The van der Waals surface area contributed by atoms with Gasteiger partial charge in [-0.15, -0.1) is 0 Å². The molecule has 0 radical (unpaired) electrons. The molecule has 3 N–H and O–H groups in total. The van der Waals surface area contributed by atoms with Crippen LogP contribution in [0.1, 0.15) is 6.92 Å². The average molecular weight is 223 g/mol. The molecule has 0 saturated heterocycles. The van der Waals surface area contributed by atoms with Crippen molar-refractivity contribution in [3.05, 3.63) is 18.2 Å². The minimum Gasteiger partial charge on any atom is -0.497 e. The van der Waals surface area contributed by atoms with Crippen LogP contribution >= 0.6 is 0 Å². The van der Waals surface area contributed by atoms with Crippen LogP contribution in [0.25, 0.3) is 0 Å². The Morgan fingerprint density at radius 3 is 2.62 bits per heavy atom. The number of nitrogens with zero attached hydrogens (tertiary/aromatic N) is 1. The van der Waals surface area contributed by atoms with Gasteiger partial charge in [0.25, 0.3) is 0 Å². The second-order valence-corrected chi connectivity index (χ2v) is 4.15. The molecular weight excluding hydrogens is 202 g/mol. The first-order valence-corrected chi connectivity index (χ1v) is 5.38. The first-order valence-electron chi connectivity index (χ1n) is 5.38. The van der Waals surface area contributed by atoms with E-state index in [1.807, 2.05) is 18.2 Å². The molecule has 0 aliphatic carbocycles. The van der Waals surface area contributed by atoms with Gasteiger partial charge in [-0.25, -0.2) is 0 Å². The third kappa shape index (κ3) is 3.31. The number of hydrogen-bond donors (Lipinski definition) is 2. The van der Waals surface area contributed by atoms with Crippen molar-refractivity contribution in [2.45, 2.75) is 13.0 Å². The van der Waals surface area contributed by atoms with Gasteiger partial charge in [0.1, 0.15) is 5.75 Å². The molecular formula is C12H21N3O. The Bertz CT molecular complexity index is 339. The molecule has 0 spiro atoms. The minimum atomic E-state index is 0.460. The van der Waals surface area contributed by atoms with E-state index in [-0.39, 0.29) is 0 Å². The van der Waals surface area contributed by atoms with Crippen LogP contribution in [0.3, 0.4) is 0 Å². The molecule has 0 aromatic heterocycles. The van der Waals surface area contributed by atoms with E-state index in [1.165, 1.54) is 0 Å². The van der Waals surface area contributed by atoms with Crippen LogP contribution in [0.2, 0.25) is 0 Å². The Morgan fingerprint density at radius 1 is 1.44 bits per heavy atom. The van der Waals surface area contributed by atoms with Gasteiger partial charge in [0.05, 0.1) is 18.5 Å². The highest BCUT2D eigenvalue weighted by Crippen LogP contribution is 2.23. The number of rotatable bonds is 5. The Hall–Kier alpha value is -1.42. The molecule has 1 rings (SSSR count). The predicted molar refractivity (Wildman–Crippen MR) is 69.0 cm³/mol. The largest absolute Gasteiger partial charge is 0.497 e. The van der Waals surface area contributed by atoms with Gasteiger partial charge >= 0.3 is 0 Å². The van der Waals surface area contributed by atoms with Crippen molar-refractivity contribution < 1.29 is 4.74 Å². The topological polar surface area (TPSA) is 50.5 Å². The first-order chi connectivity index (χ1) is 7.54. The molecule has 1 aromatic rings. The van der Waals surface area contributed by atoms with E-state index >= 15 is 0 Å². The number of hydrogen-bond acceptors (Lipinski definition) is 4. The quantitative estimate of drug-likeness (QED) is 0.745. The fourth-order valence-electron chi connectivity index (χ4n) is 1.27. The van der Waals surface area contributed by atoms with Gasteiger partial charge in [-0.05, 0) is 33.2 Å². The summed E-state index contributed by atoms with van der Waals surface area (Å²) >= 11 is 0. The smallest absolute Gasteiger partial charge is 0.121 e. The molecule has 0 aliphatic rings. The summed E-state index contributed by atoms with van der Waals surface area (Å²) in [6, 6.07) is 6.12. The number of nitrogen functional groups attached to an aromatic ring is 1. The fraction of sp³-hybridized carbons (Fsp3) is 0.500. The maximum Gasteiger partial charge on any atom is 0.121 e. The summed E-state index contributed by atoms with van der Waals surface area (Å²) in [5, 5.41) is 3.32. The average Bonchev–Trinajstić information content (AvgIpc) is 2.26. The number of nitrogens with one attached hydrogen (secondary N) is 1. The molecule has 1 aromatic carbocycles. The molecule has 0 amide bonds. The van der Waals surface area contributed by atoms with Gasteiger partial charge in [-0.3, -0.25) is 0 Å². The zero-order valence-corrected chi connectivity index (χ0v) is 10.4. The zero-order valence-electron chi connectivity index (χ0n) is 10.4. The van der Waals surface area contributed by atoms with Gasteiger partial charge in [0.15, 0.2) is 0 Å². The highest BCUT2D eigenvalue weighted by molar-refractivity contribution is 5.68. The Labute approximate surface area is 97.4 Å². The summed E-state index contributed by atoms with van der Waals surface area (Å²) in [6.07, 6.45) is 0. The molecule has 4 heteroatoms. The predicted octanol–water partition coefficient (Wildman–Crippen LogP) is 1.64. The lowest BCUT2D eigenvalue weighted by Crippen LogP contribution is -2.31. The normalized spacial score (nSPS) is 12.6. The SMILES string of the molecule is COc1ccc(NCC(C)N(C)C)c(N)c1. The van der Waals surface area contributed by atoms with E-state index in [2.05, 4.69) is 31.2 Å². The molecule has 0 saturated carbocycles. The van der Waals surface area contributed by atoms with Gasteiger partial charge in [-0.2, -0.15) is 0 Å². The van der Waals surface area contributed by atoms with Crippen molar-refractivity contribution in [2.24, 2.45) is 0 Å². The van der Waals surface area contributed by atoms with Gasteiger partial charge in [-0.1, -0.05) is 0 Å². The third-order valence-electron chi connectivity index (χ3n) is 2.73. The van der Waals surface area contributed by atoms with E-state index in [0.29, 0.717) is 11.7 Å². The molecule has 4 nitrogen and oxygen atoms in total. The lowest BCUT2D eigenvalue weighted by Gasteiger charge is -2.21. The molecule has 1 unspecified atom stereocenters. The lowest BCUT2D eigenvalue weighted by molar-refractivity contribution is 0.326. The van der Waals surface area contributed by atoms with E-state index in [0.717, 1.165) is 18.0 Å². The van der Waals surface area contributed by atoms with Crippen molar-refractivity contribution >= 4 is 11.4 Å². The van der Waals surface area contributed by atoms with Crippen LogP contribution in [0.5, 0.6) is 5.75 Å². The van der Waals surface area contributed by atoms with Crippen LogP contribution in [-0.4, -0.2) is 38.7 Å². The molecule has 0 bridgehead atoms. The number of anilines is 2. The standard InChI is InChI=1S/C12H21N3O/c1-9(15(2)3)8-14-12-6-5-10(16-4)7-11(12)13/h5-7,9,14H,8,13H2,1-4H3. The molecule has 1 atom stereocenters. The van der Waals surface area contributed by atoms with E-state index < -0.39 is 0 Å². The monoisotopic (exact) mass is 223 g/mol. The van der Waals surface area contributed by atoms with Crippen molar-refractivity contribution in [3.63, 3.8) is 0 Å². The first kappa shape index (κ1) is 12.6. The fourth-order valence-corrected chi connectivity index (χ4v) is 1.27. The van der Waals surface area contributed by atoms with Gasteiger partial charge in [0.2, 0.25) is 0 Å². The lowest BCUT2D eigenvalue weighted by atomic mass is 10.2. The molecule has 0 fully saturated rings. The van der Waals surface area contributed by atoms with E-state index in [4.69, 9.17) is 10.5 Å². The molecule has 0 aliphatic heterocycles. The van der Waals surface area contributed by atoms with Gasteiger partial charge < -0.3 is 20.7 Å². The van der Waals surface area contributed by atoms with Gasteiger partial charge in [0, 0.05) is 18.7 Å².